The summed E-state index contributed by atoms with van der Waals surface area (Å²) in [6, 6.07) is 3.53. The van der Waals surface area contributed by atoms with E-state index < -0.39 is 17.8 Å². The van der Waals surface area contributed by atoms with Crippen LogP contribution in [0.15, 0.2) is 18.2 Å². The number of aromatic hydroxyl groups is 2. The van der Waals surface area contributed by atoms with Crippen LogP contribution in [-0.2, 0) is 4.79 Å². The molecule has 0 bridgehead atoms. The number of phenolic OH excluding ortho intramolecular Hbond substituents is 2. The molecule has 0 saturated heterocycles. The van der Waals surface area contributed by atoms with Gasteiger partial charge in [0.25, 0.3) is 5.91 Å². The van der Waals surface area contributed by atoms with E-state index in [1.165, 1.54) is 12.1 Å². The van der Waals surface area contributed by atoms with E-state index >= 15 is 0 Å². The van der Waals surface area contributed by atoms with Crippen molar-refractivity contribution >= 4 is 11.9 Å². The van der Waals surface area contributed by atoms with Gasteiger partial charge in [0.05, 0.1) is 11.5 Å². The quantitative estimate of drug-likeness (QED) is 0.654. The number of hydrogen-bond donors (Lipinski definition) is 4. The lowest BCUT2D eigenvalue weighted by molar-refractivity contribution is -0.141. The number of amides is 1. The van der Waals surface area contributed by atoms with Crippen molar-refractivity contribution in [3.63, 3.8) is 0 Å². The normalized spacial score (nSPS) is 22.1. The number of carbonyl (C=O) groups excluding carboxylic acids is 1. The molecule has 2 atom stereocenters. The molecule has 4 N–H and O–H groups in total. The van der Waals surface area contributed by atoms with Gasteiger partial charge in [-0.1, -0.05) is 0 Å². The lowest BCUT2D eigenvalue weighted by Gasteiger charge is -2.13. The van der Waals surface area contributed by atoms with Gasteiger partial charge in [-0.05, 0) is 31.4 Å². The van der Waals surface area contributed by atoms with Gasteiger partial charge in [0.15, 0.2) is 0 Å². The fourth-order valence-electron chi connectivity index (χ4n) is 2.31. The van der Waals surface area contributed by atoms with Crippen LogP contribution in [0.4, 0.5) is 0 Å². The molecule has 1 aromatic rings. The van der Waals surface area contributed by atoms with Gasteiger partial charge < -0.3 is 20.6 Å². The van der Waals surface area contributed by atoms with Gasteiger partial charge in [-0.2, -0.15) is 0 Å². The third-order valence-electron chi connectivity index (χ3n) is 3.34. The smallest absolute Gasteiger partial charge is 0.306 e. The Bertz CT molecular complexity index is 514. The molecule has 1 aromatic carbocycles. The van der Waals surface area contributed by atoms with E-state index in [0.29, 0.717) is 19.3 Å². The fourth-order valence-corrected chi connectivity index (χ4v) is 2.31. The topological polar surface area (TPSA) is 107 Å². The average Bonchev–Trinajstić information content (AvgIpc) is 2.77. The van der Waals surface area contributed by atoms with Crippen LogP contribution < -0.4 is 5.32 Å². The van der Waals surface area contributed by atoms with Crippen molar-refractivity contribution in [3.8, 4) is 11.5 Å². The van der Waals surface area contributed by atoms with Gasteiger partial charge in [0, 0.05) is 12.1 Å². The number of carbonyl (C=O) groups is 2. The maximum atomic E-state index is 11.9. The number of benzene rings is 1. The Morgan fingerprint density at radius 2 is 1.95 bits per heavy atom. The van der Waals surface area contributed by atoms with Crippen LogP contribution in [0.3, 0.4) is 0 Å². The zero-order chi connectivity index (χ0) is 14.0. The third kappa shape index (κ3) is 2.96. The summed E-state index contributed by atoms with van der Waals surface area (Å²) in [7, 11) is 0. The van der Waals surface area contributed by atoms with Crippen LogP contribution in [0.5, 0.6) is 11.5 Å². The van der Waals surface area contributed by atoms with Crippen LogP contribution in [0, 0.1) is 5.92 Å². The molecule has 0 aromatic heterocycles. The second-order valence-corrected chi connectivity index (χ2v) is 4.72. The molecular weight excluding hydrogens is 250 g/mol. The number of hydrogen-bond acceptors (Lipinski definition) is 4. The second kappa shape index (κ2) is 5.17. The molecule has 1 aliphatic carbocycles. The largest absolute Gasteiger partial charge is 0.508 e. The number of rotatable bonds is 3. The van der Waals surface area contributed by atoms with Crippen LogP contribution in [0.2, 0.25) is 0 Å². The first-order valence-corrected chi connectivity index (χ1v) is 6.03. The van der Waals surface area contributed by atoms with Gasteiger partial charge in [0.1, 0.15) is 11.5 Å². The maximum absolute atomic E-state index is 11.9. The summed E-state index contributed by atoms with van der Waals surface area (Å²) in [4.78, 5) is 22.7. The van der Waals surface area contributed by atoms with E-state index in [1.54, 1.807) is 0 Å². The summed E-state index contributed by atoms with van der Waals surface area (Å²) in [6.45, 7) is 0. The van der Waals surface area contributed by atoms with E-state index in [4.69, 9.17) is 10.2 Å². The Morgan fingerprint density at radius 1 is 1.21 bits per heavy atom. The van der Waals surface area contributed by atoms with Crippen molar-refractivity contribution in [3.05, 3.63) is 23.8 Å². The molecule has 0 radical (unpaired) electrons. The Balaban J connectivity index is 2.00. The summed E-state index contributed by atoms with van der Waals surface area (Å²) in [5, 5.41) is 30.3. The minimum Gasteiger partial charge on any atom is -0.508 e. The van der Waals surface area contributed by atoms with Gasteiger partial charge in [-0.3, -0.25) is 9.59 Å². The molecule has 2 rings (SSSR count). The summed E-state index contributed by atoms with van der Waals surface area (Å²) in [5.41, 5.74) is 0.0663. The number of carboxylic acid groups (broad SMARTS) is 1. The van der Waals surface area contributed by atoms with Gasteiger partial charge >= 0.3 is 5.97 Å². The molecule has 1 amide bonds. The van der Waals surface area contributed by atoms with Crippen molar-refractivity contribution < 1.29 is 24.9 Å². The summed E-state index contributed by atoms with van der Waals surface area (Å²) in [5.74, 6) is -2.15. The van der Waals surface area contributed by atoms with E-state index in [1.807, 2.05) is 0 Å². The van der Waals surface area contributed by atoms with E-state index in [0.717, 1.165) is 6.07 Å². The van der Waals surface area contributed by atoms with E-state index in [9.17, 15) is 14.7 Å². The fraction of sp³-hybridized carbons (Fsp3) is 0.385. The SMILES string of the molecule is O=C(N[C@H]1CC[C@@H](C(=O)O)C1)c1ccc(O)cc1O. The van der Waals surface area contributed by atoms with Crippen molar-refractivity contribution in [2.24, 2.45) is 5.92 Å². The summed E-state index contributed by atoms with van der Waals surface area (Å²) < 4.78 is 0. The Hall–Kier alpha value is -2.24. The number of aliphatic carboxylic acids is 1. The molecular formula is C13H15NO5. The standard InChI is InChI=1S/C13H15NO5/c15-9-3-4-10(11(16)6-9)12(17)14-8-2-1-7(5-8)13(18)19/h3-4,6-8,15-16H,1-2,5H2,(H,14,17)(H,18,19)/t7-,8+/m1/s1. The lowest BCUT2D eigenvalue weighted by atomic mass is 10.1. The van der Waals surface area contributed by atoms with Crippen LogP contribution in [0.1, 0.15) is 29.6 Å². The zero-order valence-corrected chi connectivity index (χ0v) is 10.2. The van der Waals surface area contributed by atoms with Crippen LogP contribution >= 0.6 is 0 Å². The lowest BCUT2D eigenvalue weighted by Crippen LogP contribution is -2.33. The molecule has 6 heteroatoms. The third-order valence-corrected chi connectivity index (χ3v) is 3.34. The predicted molar refractivity (Wildman–Crippen MR) is 66.0 cm³/mol. The Kier molecular flexibility index (Phi) is 3.59. The molecule has 0 heterocycles. The highest BCUT2D eigenvalue weighted by molar-refractivity contribution is 5.97. The summed E-state index contributed by atoms with van der Waals surface area (Å²) >= 11 is 0. The Morgan fingerprint density at radius 3 is 2.53 bits per heavy atom. The molecule has 1 aliphatic rings. The van der Waals surface area contributed by atoms with Gasteiger partial charge in [-0.25, -0.2) is 0 Å². The molecule has 0 unspecified atom stereocenters. The maximum Gasteiger partial charge on any atom is 0.306 e. The minimum absolute atomic E-state index is 0.0663. The first-order valence-electron chi connectivity index (χ1n) is 6.03. The first kappa shape index (κ1) is 13.2. The predicted octanol–water partition coefficient (Wildman–Crippen LogP) is 1.08. The van der Waals surface area contributed by atoms with Crippen LogP contribution in [0.25, 0.3) is 0 Å². The zero-order valence-electron chi connectivity index (χ0n) is 10.2. The van der Waals surface area contributed by atoms with Crippen molar-refractivity contribution in [2.45, 2.75) is 25.3 Å². The second-order valence-electron chi connectivity index (χ2n) is 4.72. The highest BCUT2D eigenvalue weighted by Gasteiger charge is 2.30. The molecule has 19 heavy (non-hydrogen) atoms. The molecule has 102 valence electrons. The first-order chi connectivity index (χ1) is 8.97. The highest BCUT2D eigenvalue weighted by atomic mass is 16.4. The Labute approximate surface area is 109 Å². The van der Waals surface area contributed by atoms with Crippen molar-refractivity contribution in [1.82, 2.24) is 5.32 Å². The number of nitrogens with one attached hydrogen (secondary N) is 1. The minimum atomic E-state index is -0.843. The molecule has 1 saturated carbocycles. The van der Waals surface area contributed by atoms with Crippen LogP contribution in [-0.4, -0.2) is 33.2 Å². The molecule has 0 spiro atoms. The monoisotopic (exact) mass is 265 g/mol. The van der Waals surface area contributed by atoms with Crippen molar-refractivity contribution in [2.75, 3.05) is 0 Å². The number of carboxylic acids is 1. The highest BCUT2D eigenvalue weighted by Crippen LogP contribution is 2.27. The number of phenols is 2. The van der Waals surface area contributed by atoms with E-state index in [-0.39, 0.29) is 23.1 Å². The molecule has 1 fully saturated rings. The molecule has 0 aliphatic heterocycles. The van der Waals surface area contributed by atoms with Crippen molar-refractivity contribution in [1.29, 1.82) is 0 Å². The average molecular weight is 265 g/mol. The molecule has 6 nitrogen and oxygen atoms in total. The van der Waals surface area contributed by atoms with E-state index in [2.05, 4.69) is 5.32 Å². The van der Waals surface area contributed by atoms with Gasteiger partial charge in [0.2, 0.25) is 0 Å². The summed E-state index contributed by atoms with van der Waals surface area (Å²) in [6.07, 6.45) is 1.56. The van der Waals surface area contributed by atoms with Gasteiger partial charge in [-0.15, -0.1) is 0 Å².